The molecule has 1 amide bonds. The maximum atomic E-state index is 11.8. The van der Waals surface area contributed by atoms with Gasteiger partial charge in [-0.25, -0.2) is 4.99 Å². The van der Waals surface area contributed by atoms with Crippen molar-refractivity contribution in [1.29, 1.82) is 0 Å². The molecule has 0 saturated heterocycles. The number of carbonyl (C=O) groups excluding carboxylic acids is 1. The molecular weight excluding hydrogens is 419 g/mol. The number of hydrogen-bond donors (Lipinski definition) is 2. The zero-order valence-corrected chi connectivity index (χ0v) is 17.9. The molecule has 2 unspecified atom stereocenters. The standard InChI is InChI=1S/C17H32N4O2.HI/c1-17(2)13(10-14(17)23-5)20-16(18-11-15(22)21(3)4)19-12-8-6-7-9-12;/h12-14H,6-11H2,1-5H3,(H2,18,19,20);1H. The van der Waals surface area contributed by atoms with E-state index >= 15 is 0 Å². The highest BCUT2D eigenvalue weighted by molar-refractivity contribution is 14.0. The normalized spacial score (nSPS) is 26.3. The Bertz CT molecular complexity index is 448. The van der Waals surface area contributed by atoms with Crippen LogP contribution in [-0.2, 0) is 9.53 Å². The van der Waals surface area contributed by atoms with Gasteiger partial charge in [-0.1, -0.05) is 26.7 Å². The van der Waals surface area contributed by atoms with Crippen molar-refractivity contribution < 1.29 is 9.53 Å². The molecule has 0 heterocycles. The van der Waals surface area contributed by atoms with E-state index in [1.54, 1.807) is 26.1 Å². The number of likely N-dealkylation sites (N-methyl/N-ethyl adjacent to an activating group) is 1. The largest absolute Gasteiger partial charge is 0.381 e. The summed E-state index contributed by atoms with van der Waals surface area (Å²) in [6.07, 6.45) is 6.13. The first-order valence-electron chi connectivity index (χ1n) is 8.65. The lowest BCUT2D eigenvalue weighted by Crippen LogP contribution is -2.63. The Labute approximate surface area is 163 Å². The molecule has 2 atom stereocenters. The van der Waals surface area contributed by atoms with Crippen LogP contribution in [0, 0.1) is 5.41 Å². The summed E-state index contributed by atoms with van der Waals surface area (Å²) in [6.45, 7) is 4.59. The summed E-state index contributed by atoms with van der Waals surface area (Å²) < 4.78 is 5.52. The van der Waals surface area contributed by atoms with Crippen molar-refractivity contribution in [3.63, 3.8) is 0 Å². The molecule has 2 saturated carbocycles. The number of carbonyl (C=O) groups is 1. The van der Waals surface area contributed by atoms with Gasteiger partial charge in [-0.3, -0.25) is 4.79 Å². The van der Waals surface area contributed by atoms with Gasteiger partial charge in [0.25, 0.3) is 0 Å². The average Bonchev–Trinajstić information content (AvgIpc) is 3.00. The van der Waals surface area contributed by atoms with Crippen LogP contribution >= 0.6 is 24.0 Å². The molecule has 7 heteroatoms. The second-order valence-electron chi connectivity index (χ2n) is 7.56. The van der Waals surface area contributed by atoms with Crippen LogP contribution in [0.1, 0.15) is 46.0 Å². The molecule has 0 aliphatic heterocycles. The van der Waals surface area contributed by atoms with E-state index in [4.69, 9.17) is 4.74 Å². The third-order valence-corrected chi connectivity index (χ3v) is 5.34. The minimum atomic E-state index is 0. The van der Waals surface area contributed by atoms with Crippen LogP contribution in [0.4, 0.5) is 0 Å². The molecule has 2 rings (SSSR count). The monoisotopic (exact) mass is 452 g/mol. The van der Waals surface area contributed by atoms with Gasteiger partial charge < -0.3 is 20.3 Å². The SMILES string of the molecule is COC1CC(NC(=NCC(=O)N(C)C)NC2CCCC2)C1(C)C.I. The van der Waals surface area contributed by atoms with Crippen molar-refractivity contribution >= 4 is 35.8 Å². The number of guanidine groups is 1. The highest BCUT2D eigenvalue weighted by Gasteiger charge is 2.49. The first-order chi connectivity index (χ1) is 10.8. The number of ether oxygens (including phenoxy) is 1. The summed E-state index contributed by atoms with van der Waals surface area (Å²) in [5, 5.41) is 7.02. The van der Waals surface area contributed by atoms with Crippen LogP contribution in [0.25, 0.3) is 0 Å². The van der Waals surface area contributed by atoms with Gasteiger partial charge in [0.05, 0.1) is 6.10 Å². The molecule has 0 bridgehead atoms. The van der Waals surface area contributed by atoms with E-state index in [1.807, 2.05) is 0 Å². The smallest absolute Gasteiger partial charge is 0.243 e. The van der Waals surface area contributed by atoms with E-state index in [0.717, 1.165) is 12.4 Å². The summed E-state index contributed by atoms with van der Waals surface area (Å²) >= 11 is 0. The fraction of sp³-hybridized carbons (Fsp3) is 0.882. The number of halogens is 1. The Morgan fingerprint density at radius 1 is 1.25 bits per heavy atom. The molecule has 140 valence electrons. The highest BCUT2D eigenvalue weighted by Crippen LogP contribution is 2.42. The van der Waals surface area contributed by atoms with Gasteiger partial charge in [-0.15, -0.1) is 24.0 Å². The summed E-state index contributed by atoms with van der Waals surface area (Å²) in [4.78, 5) is 17.9. The van der Waals surface area contributed by atoms with E-state index in [9.17, 15) is 4.79 Å². The minimum Gasteiger partial charge on any atom is -0.381 e. The van der Waals surface area contributed by atoms with Gasteiger partial charge >= 0.3 is 0 Å². The molecule has 0 radical (unpaired) electrons. The molecule has 2 aliphatic rings. The maximum Gasteiger partial charge on any atom is 0.243 e. The van der Waals surface area contributed by atoms with Crippen LogP contribution in [0.3, 0.4) is 0 Å². The summed E-state index contributed by atoms with van der Waals surface area (Å²) in [5.74, 6) is 0.778. The summed E-state index contributed by atoms with van der Waals surface area (Å²) in [6, 6.07) is 0.784. The Kier molecular flexibility index (Phi) is 8.25. The molecule has 0 aromatic carbocycles. The van der Waals surface area contributed by atoms with Crippen molar-refractivity contribution in [2.45, 2.75) is 64.1 Å². The van der Waals surface area contributed by atoms with Crippen LogP contribution < -0.4 is 10.6 Å². The summed E-state index contributed by atoms with van der Waals surface area (Å²) in [5.41, 5.74) is 0.0679. The average molecular weight is 452 g/mol. The predicted molar refractivity (Wildman–Crippen MR) is 108 cm³/mol. The van der Waals surface area contributed by atoms with E-state index < -0.39 is 0 Å². The third kappa shape index (κ3) is 5.21. The van der Waals surface area contributed by atoms with Crippen LogP contribution in [0.2, 0.25) is 0 Å². The topological polar surface area (TPSA) is 66.0 Å². The van der Waals surface area contributed by atoms with E-state index in [0.29, 0.717) is 12.1 Å². The molecule has 0 aromatic rings. The zero-order chi connectivity index (χ0) is 17.0. The van der Waals surface area contributed by atoms with Gasteiger partial charge in [-0.05, 0) is 19.3 Å². The number of hydrogen-bond acceptors (Lipinski definition) is 3. The van der Waals surface area contributed by atoms with Crippen LogP contribution in [-0.4, -0.2) is 62.7 Å². The molecule has 2 fully saturated rings. The van der Waals surface area contributed by atoms with Crippen molar-refractivity contribution in [3.8, 4) is 0 Å². The fourth-order valence-corrected chi connectivity index (χ4v) is 3.38. The quantitative estimate of drug-likeness (QED) is 0.381. The number of rotatable bonds is 5. The van der Waals surface area contributed by atoms with Crippen molar-refractivity contribution in [2.75, 3.05) is 27.7 Å². The minimum absolute atomic E-state index is 0. The number of methoxy groups -OCH3 is 1. The van der Waals surface area contributed by atoms with Crippen molar-refractivity contribution in [3.05, 3.63) is 0 Å². The summed E-state index contributed by atoms with van der Waals surface area (Å²) in [7, 11) is 5.28. The predicted octanol–water partition coefficient (Wildman–Crippen LogP) is 1.98. The molecule has 24 heavy (non-hydrogen) atoms. The zero-order valence-electron chi connectivity index (χ0n) is 15.6. The Hall–Kier alpha value is -0.570. The van der Waals surface area contributed by atoms with Gasteiger partial charge in [-0.2, -0.15) is 0 Å². The van der Waals surface area contributed by atoms with Crippen LogP contribution in [0.5, 0.6) is 0 Å². The van der Waals surface area contributed by atoms with E-state index in [2.05, 4.69) is 29.5 Å². The van der Waals surface area contributed by atoms with Gasteiger partial charge in [0, 0.05) is 38.7 Å². The highest BCUT2D eigenvalue weighted by atomic mass is 127. The lowest BCUT2D eigenvalue weighted by atomic mass is 9.64. The number of amides is 1. The molecule has 2 N–H and O–H groups in total. The fourth-order valence-electron chi connectivity index (χ4n) is 3.38. The second-order valence-corrected chi connectivity index (χ2v) is 7.56. The number of nitrogens with zero attached hydrogens (tertiary/aromatic N) is 2. The van der Waals surface area contributed by atoms with Crippen molar-refractivity contribution in [1.82, 2.24) is 15.5 Å². The molecule has 2 aliphatic carbocycles. The van der Waals surface area contributed by atoms with E-state index in [-0.39, 0.29) is 47.9 Å². The maximum absolute atomic E-state index is 11.8. The first-order valence-corrected chi connectivity index (χ1v) is 8.65. The van der Waals surface area contributed by atoms with E-state index in [1.165, 1.54) is 25.7 Å². The van der Waals surface area contributed by atoms with Gasteiger partial charge in [0.15, 0.2) is 5.96 Å². The number of aliphatic imine (C=N–C) groups is 1. The van der Waals surface area contributed by atoms with Gasteiger partial charge in [0.1, 0.15) is 6.54 Å². The molecular formula is C17H33IN4O2. The first kappa shape index (κ1) is 21.5. The number of nitrogens with one attached hydrogen (secondary N) is 2. The second kappa shape index (κ2) is 9.22. The molecule has 0 spiro atoms. The lowest BCUT2D eigenvalue weighted by molar-refractivity contribution is -0.127. The van der Waals surface area contributed by atoms with Crippen LogP contribution in [0.15, 0.2) is 4.99 Å². The van der Waals surface area contributed by atoms with Crippen molar-refractivity contribution in [2.24, 2.45) is 10.4 Å². The van der Waals surface area contributed by atoms with Gasteiger partial charge in [0.2, 0.25) is 5.91 Å². The molecule has 6 nitrogen and oxygen atoms in total. The Balaban J connectivity index is 0.00000288. The lowest BCUT2D eigenvalue weighted by Gasteiger charge is -2.51. The molecule has 0 aromatic heterocycles. The third-order valence-electron chi connectivity index (χ3n) is 5.34. The Morgan fingerprint density at radius 2 is 1.88 bits per heavy atom. The Morgan fingerprint density at radius 3 is 2.38 bits per heavy atom.